The van der Waals surface area contributed by atoms with Crippen LogP contribution < -0.4 is 0 Å². The summed E-state index contributed by atoms with van der Waals surface area (Å²) in [6.07, 6.45) is 8.50. The highest BCUT2D eigenvalue weighted by Crippen LogP contribution is 2.31. The molecule has 2 nitrogen and oxygen atoms in total. The molecule has 0 amide bonds. The summed E-state index contributed by atoms with van der Waals surface area (Å²) in [4.78, 5) is 0. The summed E-state index contributed by atoms with van der Waals surface area (Å²) in [6, 6.07) is 3.63. The molecule has 102 valence electrons. The van der Waals surface area contributed by atoms with E-state index in [1.807, 2.05) is 12.1 Å². The lowest BCUT2D eigenvalue weighted by molar-refractivity contribution is 0.434. The van der Waals surface area contributed by atoms with E-state index in [0.717, 1.165) is 44.1 Å². The minimum atomic E-state index is 0.262. The number of hydrogen-bond donors (Lipinski definition) is 2. The fourth-order valence-corrected chi connectivity index (χ4v) is 2.23. The van der Waals surface area contributed by atoms with E-state index in [0.29, 0.717) is 5.56 Å². The van der Waals surface area contributed by atoms with Gasteiger partial charge in [0, 0.05) is 5.56 Å². The minimum absolute atomic E-state index is 0.262. The second-order valence-corrected chi connectivity index (χ2v) is 5.03. The number of phenols is 2. The van der Waals surface area contributed by atoms with E-state index in [4.69, 9.17) is 0 Å². The predicted octanol–water partition coefficient (Wildman–Crippen LogP) is 4.56. The molecule has 2 N–H and O–H groups in total. The van der Waals surface area contributed by atoms with Crippen LogP contribution in [0.2, 0.25) is 0 Å². The quantitative estimate of drug-likeness (QED) is 0.664. The molecule has 0 bridgehead atoms. The Kier molecular flexibility index (Phi) is 6.63. The largest absolute Gasteiger partial charge is 0.508 e. The Balaban J connectivity index is 2.65. The van der Waals surface area contributed by atoms with Gasteiger partial charge in [-0.05, 0) is 43.4 Å². The van der Waals surface area contributed by atoms with Crippen LogP contribution in [0.25, 0.3) is 0 Å². The van der Waals surface area contributed by atoms with Crippen molar-refractivity contribution in [3.63, 3.8) is 0 Å². The van der Waals surface area contributed by atoms with Crippen molar-refractivity contribution in [2.24, 2.45) is 0 Å². The highest BCUT2D eigenvalue weighted by Gasteiger charge is 2.09. The van der Waals surface area contributed by atoms with Crippen LogP contribution in [-0.2, 0) is 12.8 Å². The molecular weight excluding hydrogens is 224 g/mol. The average molecular weight is 250 g/mol. The van der Waals surface area contributed by atoms with Gasteiger partial charge in [0.25, 0.3) is 0 Å². The summed E-state index contributed by atoms with van der Waals surface area (Å²) in [6.45, 7) is 4.32. The van der Waals surface area contributed by atoms with Crippen molar-refractivity contribution in [3.05, 3.63) is 23.3 Å². The maximum Gasteiger partial charge on any atom is 0.122 e. The van der Waals surface area contributed by atoms with E-state index in [1.54, 1.807) is 0 Å². The molecule has 0 fully saturated rings. The summed E-state index contributed by atoms with van der Waals surface area (Å²) < 4.78 is 0. The number of rotatable bonds is 8. The third-order valence-electron chi connectivity index (χ3n) is 3.36. The van der Waals surface area contributed by atoms with Gasteiger partial charge in [-0.1, -0.05) is 39.5 Å². The Morgan fingerprint density at radius 3 is 1.78 bits per heavy atom. The first-order valence-electron chi connectivity index (χ1n) is 7.22. The first kappa shape index (κ1) is 14.9. The van der Waals surface area contributed by atoms with E-state index >= 15 is 0 Å². The Hall–Kier alpha value is -1.18. The average Bonchev–Trinajstić information content (AvgIpc) is 2.33. The van der Waals surface area contributed by atoms with Gasteiger partial charge in [-0.2, -0.15) is 0 Å². The molecule has 0 aliphatic carbocycles. The van der Waals surface area contributed by atoms with Crippen LogP contribution in [0.4, 0.5) is 0 Å². The van der Waals surface area contributed by atoms with Crippen LogP contribution in [0.1, 0.15) is 63.5 Å². The molecule has 0 atom stereocenters. The minimum Gasteiger partial charge on any atom is -0.508 e. The highest BCUT2D eigenvalue weighted by molar-refractivity contribution is 5.46. The molecule has 0 heterocycles. The van der Waals surface area contributed by atoms with Crippen LogP contribution in [0.5, 0.6) is 11.5 Å². The zero-order valence-electron chi connectivity index (χ0n) is 11.7. The number of aryl methyl sites for hydroxylation is 1. The molecule has 2 heteroatoms. The van der Waals surface area contributed by atoms with Crippen LogP contribution in [0.15, 0.2) is 12.1 Å². The fourth-order valence-electron chi connectivity index (χ4n) is 2.23. The van der Waals surface area contributed by atoms with Gasteiger partial charge in [-0.15, -0.1) is 0 Å². The van der Waals surface area contributed by atoms with Crippen molar-refractivity contribution in [2.45, 2.75) is 65.2 Å². The molecule has 18 heavy (non-hydrogen) atoms. The molecule has 1 aromatic carbocycles. The van der Waals surface area contributed by atoms with Gasteiger partial charge in [-0.3, -0.25) is 0 Å². The topological polar surface area (TPSA) is 40.5 Å². The predicted molar refractivity (Wildman–Crippen MR) is 76.2 cm³/mol. The molecule has 0 aliphatic heterocycles. The molecule has 0 unspecified atom stereocenters. The molecule has 1 rings (SSSR count). The number of phenolic OH excluding ortho intramolecular Hbond substituents is 2. The summed E-state index contributed by atoms with van der Waals surface area (Å²) in [5.41, 5.74) is 1.75. The van der Waals surface area contributed by atoms with Gasteiger partial charge in [-0.25, -0.2) is 0 Å². The molecule has 1 aromatic rings. The maximum absolute atomic E-state index is 9.97. The van der Waals surface area contributed by atoms with E-state index in [9.17, 15) is 10.2 Å². The third kappa shape index (κ3) is 4.59. The standard InChI is InChI=1S/C16H26O2/c1-3-5-7-9-13-11-15(17)14(16(18)12-13)10-8-6-4-2/h11-12,17-18H,3-10H2,1-2H3. The molecule has 0 saturated carbocycles. The smallest absolute Gasteiger partial charge is 0.122 e. The molecular formula is C16H26O2. The zero-order chi connectivity index (χ0) is 13.4. The van der Waals surface area contributed by atoms with Crippen LogP contribution in [0.3, 0.4) is 0 Å². The molecule has 0 radical (unpaired) electrons. The first-order valence-corrected chi connectivity index (χ1v) is 7.22. The van der Waals surface area contributed by atoms with E-state index < -0.39 is 0 Å². The lowest BCUT2D eigenvalue weighted by Crippen LogP contribution is -1.92. The molecule has 0 saturated heterocycles. The van der Waals surface area contributed by atoms with Crippen LogP contribution in [-0.4, -0.2) is 10.2 Å². The molecule has 0 aliphatic rings. The number of hydrogen-bond acceptors (Lipinski definition) is 2. The van der Waals surface area contributed by atoms with Crippen molar-refractivity contribution in [2.75, 3.05) is 0 Å². The van der Waals surface area contributed by atoms with Crippen LogP contribution >= 0.6 is 0 Å². The van der Waals surface area contributed by atoms with Gasteiger partial charge in [0.15, 0.2) is 0 Å². The van der Waals surface area contributed by atoms with Gasteiger partial charge < -0.3 is 10.2 Å². The van der Waals surface area contributed by atoms with Gasteiger partial charge in [0.2, 0.25) is 0 Å². The van der Waals surface area contributed by atoms with E-state index in [-0.39, 0.29) is 11.5 Å². The normalized spacial score (nSPS) is 10.8. The lowest BCUT2D eigenvalue weighted by Gasteiger charge is -2.10. The highest BCUT2D eigenvalue weighted by atomic mass is 16.3. The second-order valence-electron chi connectivity index (χ2n) is 5.03. The molecule has 0 aromatic heterocycles. The lowest BCUT2D eigenvalue weighted by atomic mass is 10.00. The van der Waals surface area contributed by atoms with Crippen molar-refractivity contribution < 1.29 is 10.2 Å². The van der Waals surface area contributed by atoms with Gasteiger partial charge in [0.1, 0.15) is 11.5 Å². The zero-order valence-corrected chi connectivity index (χ0v) is 11.7. The maximum atomic E-state index is 9.97. The van der Waals surface area contributed by atoms with Crippen molar-refractivity contribution in [3.8, 4) is 11.5 Å². The summed E-state index contributed by atoms with van der Waals surface area (Å²) in [7, 11) is 0. The Morgan fingerprint density at radius 1 is 0.778 bits per heavy atom. The third-order valence-corrected chi connectivity index (χ3v) is 3.36. The van der Waals surface area contributed by atoms with Crippen LogP contribution in [0, 0.1) is 0 Å². The number of unbranched alkanes of at least 4 members (excludes halogenated alkanes) is 4. The number of aromatic hydroxyl groups is 2. The van der Waals surface area contributed by atoms with Crippen molar-refractivity contribution in [1.29, 1.82) is 0 Å². The fraction of sp³-hybridized carbons (Fsp3) is 0.625. The summed E-state index contributed by atoms with van der Waals surface area (Å²) in [5.74, 6) is 0.523. The Labute approximate surface area is 111 Å². The van der Waals surface area contributed by atoms with Gasteiger partial charge in [0.05, 0.1) is 0 Å². The van der Waals surface area contributed by atoms with Gasteiger partial charge >= 0.3 is 0 Å². The van der Waals surface area contributed by atoms with Crippen molar-refractivity contribution >= 4 is 0 Å². The second kappa shape index (κ2) is 8.02. The summed E-state index contributed by atoms with van der Waals surface area (Å²) >= 11 is 0. The first-order chi connectivity index (χ1) is 8.69. The number of benzene rings is 1. The van der Waals surface area contributed by atoms with E-state index in [2.05, 4.69) is 13.8 Å². The SMILES string of the molecule is CCCCCc1cc(O)c(CCCCC)c(O)c1. The van der Waals surface area contributed by atoms with E-state index in [1.165, 1.54) is 12.8 Å². The van der Waals surface area contributed by atoms with Crippen molar-refractivity contribution in [1.82, 2.24) is 0 Å². The Morgan fingerprint density at radius 2 is 1.28 bits per heavy atom. The summed E-state index contributed by atoms with van der Waals surface area (Å²) in [5, 5.41) is 19.9. The molecule has 0 spiro atoms. The monoisotopic (exact) mass is 250 g/mol. The Bertz CT molecular complexity index is 335.